The Hall–Kier alpha value is -1.83. The fraction of sp³-hybridized carbons (Fsp3) is 0.474. The van der Waals surface area contributed by atoms with Crippen LogP contribution in [0.2, 0.25) is 5.02 Å². The second kappa shape index (κ2) is 7.66. The van der Waals surface area contributed by atoms with Crippen LogP contribution in [0.15, 0.2) is 18.3 Å². The molecule has 27 heavy (non-hydrogen) atoms. The van der Waals surface area contributed by atoms with Crippen LogP contribution >= 0.6 is 11.6 Å². The Kier molecular flexibility index (Phi) is 5.65. The Balaban J connectivity index is 1.89. The molecule has 1 aromatic carbocycles. The van der Waals surface area contributed by atoms with Gasteiger partial charge in [0.25, 0.3) is 0 Å². The third-order valence-corrected chi connectivity index (χ3v) is 5.30. The van der Waals surface area contributed by atoms with Crippen LogP contribution in [0.4, 0.5) is 17.5 Å². The van der Waals surface area contributed by atoms with Crippen molar-refractivity contribution in [3.8, 4) is 0 Å². The van der Waals surface area contributed by atoms with E-state index in [9.17, 15) is 5.02 Å². The summed E-state index contributed by atoms with van der Waals surface area (Å²) in [5, 5.41) is 17.3. The van der Waals surface area contributed by atoms with E-state index in [2.05, 4.69) is 34.4 Å². The second-order valence-electron chi connectivity index (χ2n) is 7.41. The molecular weight excluding hydrogens is 363 g/mol. The number of aryl methyl sites for hydroxylation is 1. The SMILES string of the molecule is CCC(CC)Nc1nc(Nc2cc(Cl)c3c(c2)C(C)(C)OB3O)ncc1C. The highest BCUT2D eigenvalue weighted by Gasteiger charge is 2.42. The first-order valence-electron chi connectivity index (χ1n) is 9.32. The number of halogens is 1. The number of fused-ring (bicyclic) bond motifs is 1. The van der Waals surface area contributed by atoms with Crippen LogP contribution in [0.3, 0.4) is 0 Å². The van der Waals surface area contributed by atoms with Gasteiger partial charge < -0.3 is 20.3 Å². The highest BCUT2D eigenvalue weighted by molar-refractivity contribution is 6.65. The molecule has 2 heterocycles. The number of anilines is 3. The monoisotopic (exact) mass is 388 g/mol. The summed E-state index contributed by atoms with van der Waals surface area (Å²) in [6.45, 7) is 10.1. The average molecular weight is 389 g/mol. The predicted molar refractivity (Wildman–Crippen MR) is 111 cm³/mol. The third-order valence-electron chi connectivity index (χ3n) is 4.99. The summed E-state index contributed by atoms with van der Waals surface area (Å²) in [6.07, 6.45) is 3.85. The van der Waals surface area contributed by atoms with Crippen molar-refractivity contribution in [3.05, 3.63) is 34.5 Å². The van der Waals surface area contributed by atoms with E-state index >= 15 is 0 Å². The smallest absolute Gasteiger partial charge is 0.423 e. The molecule has 0 bridgehead atoms. The molecule has 3 rings (SSSR count). The van der Waals surface area contributed by atoms with Gasteiger partial charge in [0.2, 0.25) is 5.95 Å². The van der Waals surface area contributed by atoms with Crippen molar-refractivity contribution in [2.45, 2.75) is 59.1 Å². The van der Waals surface area contributed by atoms with E-state index in [1.54, 1.807) is 12.3 Å². The lowest BCUT2D eigenvalue weighted by atomic mass is 9.78. The molecule has 0 spiro atoms. The molecule has 8 heteroatoms. The molecule has 3 N–H and O–H groups in total. The van der Waals surface area contributed by atoms with Crippen LogP contribution in [0.25, 0.3) is 0 Å². The molecule has 1 aromatic heterocycles. The zero-order chi connectivity index (χ0) is 19.8. The maximum atomic E-state index is 10.1. The summed E-state index contributed by atoms with van der Waals surface area (Å²) in [6, 6.07) is 4.06. The quantitative estimate of drug-likeness (QED) is 0.654. The van der Waals surface area contributed by atoms with Gasteiger partial charge in [-0.2, -0.15) is 4.98 Å². The summed E-state index contributed by atoms with van der Waals surface area (Å²) in [4.78, 5) is 9.00. The van der Waals surface area contributed by atoms with Gasteiger partial charge in [0.05, 0.1) is 5.60 Å². The zero-order valence-corrected chi connectivity index (χ0v) is 17.2. The van der Waals surface area contributed by atoms with Gasteiger partial charge >= 0.3 is 7.12 Å². The van der Waals surface area contributed by atoms with Gasteiger partial charge in [-0.25, -0.2) is 4.98 Å². The molecule has 0 amide bonds. The first-order chi connectivity index (χ1) is 12.7. The van der Waals surface area contributed by atoms with Crippen LogP contribution in [-0.2, 0) is 10.3 Å². The van der Waals surface area contributed by atoms with Gasteiger partial charge in [0.15, 0.2) is 0 Å². The topological polar surface area (TPSA) is 79.3 Å². The molecule has 0 saturated carbocycles. The lowest BCUT2D eigenvalue weighted by Gasteiger charge is -2.21. The van der Waals surface area contributed by atoms with Crippen molar-refractivity contribution < 1.29 is 9.68 Å². The van der Waals surface area contributed by atoms with Crippen molar-refractivity contribution in [2.75, 3.05) is 10.6 Å². The third kappa shape index (κ3) is 4.05. The summed E-state index contributed by atoms with van der Waals surface area (Å²) >= 11 is 6.39. The van der Waals surface area contributed by atoms with Crippen LogP contribution in [0.5, 0.6) is 0 Å². The lowest BCUT2D eigenvalue weighted by Crippen LogP contribution is -2.29. The maximum absolute atomic E-state index is 10.1. The summed E-state index contributed by atoms with van der Waals surface area (Å²) in [5.41, 5.74) is 2.60. The van der Waals surface area contributed by atoms with Gasteiger partial charge in [-0.1, -0.05) is 25.4 Å². The maximum Gasteiger partial charge on any atom is 0.493 e. The van der Waals surface area contributed by atoms with E-state index in [4.69, 9.17) is 16.3 Å². The Morgan fingerprint density at radius 2 is 2.00 bits per heavy atom. The summed E-state index contributed by atoms with van der Waals surface area (Å²) < 4.78 is 5.61. The Morgan fingerprint density at radius 3 is 2.67 bits per heavy atom. The minimum Gasteiger partial charge on any atom is -0.423 e. The number of hydrogen-bond acceptors (Lipinski definition) is 6. The van der Waals surface area contributed by atoms with E-state index < -0.39 is 12.7 Å². The minimum atomic E-state index is -1.01. The Morgan fingerprint density at radius 1 is 1.30 bits per heavy atom. The predicted octanol–water partition coefficient (Wildman–Crippen LogP) is 3.74. The van der Waals surface area contributed by atoms with Gasteiger partial charge in [-0.05, 0) is 51.3 Å². The van der Waals surface area contributed by atoms with Crippen LogP contribution < -0.4 is 16.1 Å². The van der Waals surface area contributed by atoms with Crippen molar-refractivity contribution >= 4 is 41.6 Å². The Bertz CT molecular complexity index is 843. The number of benzene rings is 1. The first-order valence-corrected chi connectivity index (χ1v) is 9.70. The van der Waals surface area contributed by atoms with E-state index in [0.29, 0.717) is 22.5 Å². The standard InChI is InChI=1S/C19H26BClN4O2/c1-6-12(7-2)23-17-11(3)10-22-18(25-17)24-13-8-14-16(15(21)9-13)20(26)27-19(14,4)5/h8-10,12,26H,6-7H2,1-5H3,(H2,22,23,24,25). The molecule has 6 nitrogen and oxygen atoms in total. The Labute approximate surface area is 165 Å². The number of nitrogens with zero attached hydrogens (tertiary/aromatic N) is 2. The summed E-state index contributed by atoms with van der Waals surface area (Å²) in [5.74, 6) is 1.31. The number of rotatable bonds is 6. The largest absolute Gasteiger partial charge is 0.493 e. The molecule has 0 unspecified atom stereocenters. The lowest BCUT2D eigenvalue weighted by molar-refractivity contribution is 0.101. The van der Waals surface area contributed by atoms with Gasteiger partial charge in [-0.15, -0.1) is 0 Å². The molecule has 1 aliphatic rings. The molecule has 1 aliphatic heterocycles. The normalized spacial score (nSPS) is 15.2. The number of hydrogen-bond donors (Lipinski definition) is 3. The molecule has 0 saturated heterocycles. The van der Waals surface area contributed by atoms with Crippen molar-refractivity contribution in [3.63, 3.8) is 0 Å². The molecular formula is C19H26BClN4O2. The van der Waals surface area contributed by atoms with Gasteiger partial charge in [-0.3, -0.25) is 0 Å². The number of aromatic nitrogens is 2. The van der Waals surface area contributed by atoms with E-state index in [1.807, 2.05) is 26.8 Å². The fourth-order valence-corrected chi connectivity index (χ4v) is 3.62. The fourth-order valence-electron chi connectivity index (χ4n) is 3.30. The second-order valence-corrected chi connectivity index (χ2v) is 7.82. The van der Waals surface area contributed by atoms with Gasteiger partial charge in [0, 0.05) is 34.0 Å². The van der Waals surface area contributed by atoms with Crippen molar-refractivity contribution in [1.29, 1.82) is 0 Å². The van der Waals surface area contributed by atoms with E-state index in [-0.39, 0.29) is 0 Å². The van der Waals surface area contributed by atoms with Crippen LogP contribution in [-0.4, -0.2) is 28.2 Å². The average Bonchev–Trinajstić information content (AvgIpc) is 2.84. The van der Waals surface area contributed by atoms with E-state index in [0.717, 1.165) is 35.5 Å². The minimum absolute atomic E-state index is 0.375. The first kappa shape index (κ1) is 19.9. The highest BCUT2D eigenvalue weighted by Crippen LogP contribution is 2.35. The molecule has 0 atom stereocenters. The molecule has 0 fully saturated rings. The van der Waals surface area contributed by atoms with Crippen LogP contribution in [0.1, 0.15) is 51.7 Å². The van der Waals surface area contributed by atoms with E-state index in [1.165, 1.54) is 0 Å². The summed E-state index contributed by atoms with van der Waals surface area (Å²) in [7, 11) is -1.01. The number of nitrogens with one attached hydrogen (secondary N) is 2. The zero-order valence-electron chi connectivity index (χ0n) is 16.4. The molecule has 2 aromatic rings. The van der Waals surface area contributed by atoms with Crippen molar-refractivity contribution in [1.82, 2.24) is 9.97 Å². The van der Waals surface area contributed by atoms with Gasteiger partial charge in [0.1, 0.15) is 5.82 Å². The molecule has 0 radical (unpaired) electrons. The van der Waals surface area contributed by atoms with Crippen molar-refractivity contribution in [2.24, 2.45) is 0 Å². The molecule has 144 valence electrons. The highest BCUT2D eigenvalue weighted by atomic mass is 35.5. The molecule has 0 aliphatic carbocycles. The van der Waals surface area contributed by atoms with Crippen LogP contribution in [0, 0.1) is 6.92 Å².